The van der Waals surface area contributed by atoms with Crippen molar-refractivity contribution >= 4 is 11.6 Å². The van der Waals surface area contributed by atoms with Crippen molar-refractivity contribution < 1.29 is 4.79 Å². The molecular weight excluding hydrogens is 188 g/mol. The second-order valence-electron chi connectivity index (χ2n) is 3.57. The Balaban J connectivity index is 2.90. The Bertz CT molecular complexity index is 385. The number of nitrogens with one attached hydrogen (secondary N) is 1. The monoisotopic (exact) mass is 204 g/mol. The van der Waals surface area contributed by atoms with E-state index in [1.54, 1.807) is 18.2 Å². The molecule has 3 heteroatoms. The third-order valence-electron chi connectivity index (χ3n) is 2.22. The van der Waals surface area contributed by atoms with Gasteiger partial charge in [-0.1, -0.05) is 12.1 Å². The summed E-state index contributed by atoms with van der Waals surface area (Å²) in [5.41, 5.74) is 7.75. The molecule has 0 radical (unpaired) electrons. The molecule has 1 aromatic rings. The maximum absolute atomic E-state index is 11.8. The molecule has 80 valence electrons. The van der Waals surface area contributed by atoms with Gasteiger partial charge in [0.2, 0.25) is 0 Å². The van der Waals surface area contributed by atoms with E-state index in [9.17, 15) is 4.79 Å². The van der Waals surface area contributed by atoms with E-state index in [1.165, 1.54) is 0 Å². The molecular formula is C12H16N2O. The van der Waals surface area contributed by atoms with Gasteiger partial charge in [-0.2, -0.15) is 0 Å². The molecule has 1 unspecified atom stereocenters. The quantitative estimate of drug-likeness (QED) is 0.583. The second-order valence-corrected chi connectivity index (χ2v) is 3.57. The predicted molar refractivity (Wildman–Crippen MR) is 62.7 cm³/mol. The molecule has 1 atom stereocenters. The van der Waals surface area contributed by atoms with E-state index >= 15 is 0 Å². The predicted octanol–water partition coefficient (Wildman–Crippen LogP) is 1.88. The maximum Gasteiger partial charge on any atom is 0.252 e. The molecule has 0 aliphatic carbocycles. The summed E-state index contributed by atoms with van der Waals surface area (Å²) >= 11 is 0. The molecule has 1 aromatic carbocycles. The lowest BCUT2D eigenvalue weighted by Crippen LogP contribution is -2.31. The van der Waals surface area contributed by atoms with E-state index in [-0.39, 0.29) is 11.9 Å². The molecule has 0 aliphatic heterocycles. The van der Waals surface area contributed by atoms with Crippen LogP contribution in [0, 0.1) is 6.92 Å². The van der Waals surface area contributed by atoms with Gasteiger partial charge in [0.25, 0.3) is 5.91 Å². The fourth-order valence-corrected chi connectivity index (χ4v) is 1.23. The van der Waals surface area contributed by atoms with Crippen LogP contribution in [0.1, 0.15) is 22.8 Å². The highest BCUT2D eigenvalue weighted by atomic mass is 16.1. The van der Waals surface area contributed by atoms with E-state index in [0.717, 1.165) is 5.56 Å². The van der Waals surface area contributed by atoms with E-state index in [0.29, 0.717) is 11.3 Å². The maximum atomic E-state index is 11.8. The number of carbonyl (C=O) groups excluding carboxylic acids is 1. The molecule has 1 rings (SSSR count). The fraction of sp³-hybridized carbons (Fsp3) is 0.250. The first-order valence-corrected chi connectivity index (χ1v) is 4.84. The number of nitrogens with two attached hydrogens (primary N) is 1. The van der Waals surface area contributed by atoms with Gasteiger partial charge in [0.05, 0.1) is 0 Å². The molecule has 3 nitrogen and oxygen atoms in total. The fourth-order valence-electron chi connectivity index (χ4n) is 1.23. The van der Waals surface area contributed by atoms with Gasteiger partial charge in [0.1, 0.15) is 0 Å². The third-order valence-corrected chi connectivity index (χ3v) is 2.22. The summed E-state index contributed by atoms with van der Waals surface area (Å²) in [6, 6.07) is 5.25. The van der Waals surface area contributed by atoms with Crippen LogP contribution in [0.25, 0.3) is 0 Å². The number of benzene rings is 1. The second kappa shape index (κ2) is 4.64. The molecule has 0 bridgehead atoms. The number of hydrogen-bond acceptors (Lipinski definition) is 2. The number of rotatable bonds is 3. The Labute approximate surface area is 90.0 Å². The average molecular weight is 204 g/mol. The van der Waals surface area contributed by atoms with Crippen LogP contribution >= 0.6 is 0 Å². The van der Waals surface area contributed by atoms with E-state index in [2.05, 4.69) is 11.9 Å². The van der Waals surface area contributed by atoms with Crippen LogP contribution in [0.3, 0.4) is 0 Å². The highest BCUT2D eigenvalue weighted by Gasteiger charge is 2.10. The molecule has 3 N–H and O–H groups in total. The summed E-state index contributed by atoms with van der Waals surface area (Å²) in [6.07, 6.45) is 1.68. The minimum Gasteiger partial charge on any atom is -0.399 e. The Morgan fingerprint density at radius 2 is 2.27 bits per heavy atom. The largest absolute Gasteiger partial charge is 0.399 e. The minimum atomic E-state index is -0.118. The number of aryl methyl sites for hydroxylation is 1. The average Bonchev–Trinajstić information content (AvgIpc) is 2.21. The van der Waals surface area contributed by atoms with Gasteiger partial charge < -0.3 is 11.1 Å². The SMILES string of the molecule is C=CC(C)NC(=O)c1cc(N)ccc1C. The molecule has 0 aromatic heterocycles. The van der Waals surface area contributed by atoms with Gasteiger partial charge >= 0.3 is 0 Å². The highest BCUT2D eigenvalue weighted by Crippen LogP contribution is 2.12. The van der Waals surface area contributed by atoms with Crippen molar-refractivity contribution in [3.63, 3.8) is 0 Å². The smallest absolute Gasteiger partial charge is 0.252 e. The number of hydrogen-bond donors (Lipinski definition) is 2. The summed E-state index contributed by atoms with van der Waals surface area (Å²) in [5.74, 6) is -0.118. The Morgan fingerprint density at radius 1 is 1.60 bits per heavy atom. The number of nitrogen functional groups attached to an aromatic ring is 1. The van der Waals surface area contributed by atoms with Crippen LogP contribution in [0.15, 0.2) is 30.9 Å². The lowest BCUT2D eigenvalue weighted by atomic mass is 10.1. The van der Waals surface area contributed by atoms with Crippen LogP contribution in [-0.2, 0) is 0 Å². The van der Waals surface area contributed by atoms with Crippen LogP contribution in [0.5, 0.6) is 0 Å². The third kappa shape index (κ3) is 2.84. The zero-order valence-corrected chi connectivity index (χ0v) is 9.08. The van der Waals surface area contributed by atoms with Crippen LogP contribution in [-0.4, -0.2) is 11.9 Å². The number of anilines is 1. The van der Waals surface area contributed by atoms with Gasteiger partial charge in [0.15, 0.2) is 0 Å². The lowest BCUT2D eigenvalue weighted by Gasteiger charge is -2.11. The molecule has 1 amide bonds. The van der Waals surface area contributed by atoms with E-state index in [4.69, 9.17) is 5.73 Å². The van der Waals surface area contributed by atoms with Crippen molar-refractivity contribution in [3.05, 3.63) is 42.0 Å². The van der Waals surface area contributed by atoms with Crippen molar-refractivity contribution in [1.29, 1.82) is 0 Å². The Hall–Kier alpha value is -1.77. The number of amides is 1. The summed E-state index contributed by atoms with van der Waals surface area (Å²) < 4.78 is 0. The summed E-state index contributed by atoms with van der Waals surface area (Å²) in [5, 5.41) is 2.80. The Kier molecular flexibility index (Phi) is 3.50. The van der Waals surface area contributed by atoms with Crippen molar-refractivity contribution in [3.8, 4) is 0 Å². The van der Waals surface area contributed by atoms with Gasteiger partial charge in [-0.15, -0.1) is 6.58 Å². The number of carbonyl (C=O) groups is 1. The lowest BCUT2D eigenvalue weighted by molar-refractivity contribution is 0.0946. The minimum absolute atomic E-state index is 0.0432. The van der Waals surface area contributed by atoms with Crippen molar-refractivity contribution in [2.75, 3.05) is 5.73 Å². The summed E-state index contributed by atoms with van der Waals surface area (Å²) in [4.78, 5) is 11.8. The van der Waals surface area contributed by atoms with Gasteiger partial charge in [0, 0.05) is 17.3 Å². The summed E-state index contributed by atoms with van der Waals surface area (Å²) in [6.45, 7) is 7.36. The van der Waals surface area contributed by atoms with Crippen molar-refractivity contribution in [2.24, 2.45) is 0 Å². The molecule has 0 spiro atoms. The van der Waals surface area contributed by atoms with Gasteiger partial charge in [-0.3, -0.25) is 4.79 Å². The van der Waals surface area contributed by atoms with Crippen LogP contribution < -0.4 is 11.1 Å². The first-order chi connectivity index (χ1) is 7.04. The normalized spacial score (nSPS) is 11.9. The zero-order chi connectivity index (χ0) is 11.4. The standard InChI is InChI=1S/C12H16N2O/c1-4-9(3)14-12(15)11-7-10(13)6-5-8(11)2/h4-7,9H,1,13H2,2-3H3,(H,14,15). The van der Waals surface area contributed by atoms with Gasteiger partial charge in [-0.25, -0.2) is 0 Å². The van der Waals surface area contributed by atoms with Crippen LogP contribution in [0.2, 0.25) is 0 Å². The van der Waals surface area contributed by atoms with E-state index in [1.807, 2.05) is 19.9 Å². The molecule has 0 saturated carbocycles. The topological polar surface area (TPSA) is 55.1 Å². The van der Waals surface area contributed by atoms with Crippen molar-refractivity contribution in [1.82, 2.24) is 5.32 Å². The molecule has 15 heavy (non-hydrogen) atoms. The Morgan fingerprint density at radius 3 is 2.87 bits per heavy atom. The van der Waals surface area contributed by atoms with Crippen molar-refractivity contribution in [2.45, 2.75) is 19.9 Å². The molecule has 0 heterocycles. The molecule has 0 saturated heterocycles. The summed E-state index contributed by atoms with van der Waals surface area (Å²) in [7, 11) is 0. The first kappa shape index (κ1) is 11.3. The first-order valence-electron chi connectivity index (χ1n) is 4.84. The van der Waals surface area contributed by atoms with Gasteiger partial charge in [-0.05, 0) is 31.5 Å². The van der Waals surface area contributed by atoms with Crippen LogP contribution in [0.4, 0.5) is 5.69 Å². The zero-order valence-electron chi connectivity index (χ0n) is 9.08. The highest BCUT2D eigenvalue weighted by molar-refractivity contribution is 5.96. The van der Waals surface area contributed by atoms with E-state index < -0.39 is 0 Å². The molecule has 0 fully saturated rings. The molecule has 0 aliphatic rings.